The molecular formula is C37H34BN. The maximum absolute atomic E-state index is 4.91. The smallest absolute Gasteiger partial charge is 0.243 e. The first kappa shape index (κ1) is 26.3. The zero-order valence-corrected chi connectivity index (χ0v) is 23.8. The van der Waals surface area contributed by atoms with Gasteiger partial charge in [-0.3, -0.25) is 4.98 Å². The lowest BCUT2D eigenvalue weighted by atomic mass is 9.33. The molecule has 0 spiro atoms. The van der Waals surface area contributed by atoms with Gasteiger partial charge in [-0.15, -0.1) is 0 Å². The molecule has 5 rings (SSSR count). The Morgan fingerprint density at radius 3 is 1.59 bits per heavy atom. The molecule has 0 fully saturated rings. The minimum absolute atomic E-state index is 0.0988. The lowest BCUT2D eigenvalue weighted by molar-refractivity contribution is 1.31. The highest BCUT2D eigenvalue weighted by molar-refractivity contribution is 6.97. The lowest BCUT2D eigenvalue weighted by Gasteiger charge is -2.26. The molecule has 0 bridgehead atoms. The van der Waals surface area contributed by atoms with Gasteiger partial charge in [0.15, 0.2) is 0 Å². The molecule has 4 aromatic carbocycles. The SMILES string of the molecule is Cc1cc(C)c(B(c2ccccc2-c2ccc(C#Cc3ccccc3)cn2)c2c(C)cc(C)cc2C)c(C)c1. The van der Waals surface area contributed by atoms with Crippen molar-refractivity contribution in [2.24, 2.45) is 0 Å². The lowest BCUT2D eigenvalue weighted by Crippen LogP contribution is -2.56. The van der Waals surface area contributed by atoms with Gasteiger partial charge in [0, 0.05) is 17.3 Å². The van der Waals surface area contributed by atoms with Crippen LogP contribution in [0.1, 0.15) is 44.5 Å². The van der Waals surface area contributed by atoms with E-state index >= 15 is 0 Å². The van der Waals surface area contributed by atoms with Crippen molar-refractivity contribution in [2.45, 2.75) is 41.5 Å². The largest absolute Gasteiger partial charge is 0.255 e. The Hall–Kier alpha value is -4.35. The van der Waals surface area contributed by atoms with E-state index in [1.54, 1.807) is 0 Å². The van der Waals surface area contributed by atoms with Gasteiger partial charge in [-0.2, -0.15) is 0 Å². The Labute approximate surface area is 234 Å². The third-order valence-corrected chi connectivity index (χ3v) is 7.49. The second-order valence-electron chi connectivity index (χ2n) is 10.7. The van der Waals surface area contributed by atoms with Crippen LogP contribution in [0.15, 0.2) is 97.2 Å². The maximum Gasteiger partial charge on any atom is 0.243 e. The maximum atomic E-state index is 4.91. The number of hydrogen-bond acceptors (Lipinski definition) is 1. The van der Waals surface area contributed by atoms with E-state index in [0.717, 1.165) is 22.4 Å². The first-order chi connectivity index (χ1) is 18.8. The molecule has 0 radical (unpaired) electrons. The van der Waals surface area contributed by atoms with E-state index in [9.17, 15) is 0 Å². The van der Waals surface area contributed by atoms with E-state index in [1.807, 2.05) is 36.5 Å². The molecule has 0 atom stereocenters. The molecule has 1 nitrogen and oxygen atoms in total. The van der Waals surface area contributed by atoms with Crippen LogP contribution in [0.25, 0.3) is 11.3 Å². The zero-order valence-electron chi connectivity index (χ0n) is 23.8. The fourth-order valence-corrected chi connectivity index (χ4v) is 6.02. The van der Waals surface area contributed by atoms with Gasteiger partial charge < -0.3 is 0 Å². The van der Waals surface area contributed by atoms with Crippen LogP contribution in [0.2, 0.25) is 0 Å². The fraction of sp³-hybridized carbons (Fsp3) is 0.162. The van der Waals surface area contributed by atoms with E-state index < -0.39 is 0 Å². The van der Waals surface area contributed by atoms with E-state index in [4.69, 9.17) is 4.98 Å². The van der Waals surface area contributed by atoms with Crippen molar-refractivity contribution in [3.05, 3.63) is 142 Å². The summed E-state index contributed by atoms with van der Waals surface area (Å²) in [6, 6.07) is 32.3. The summed E-state index contributed by atoms with van der Waals surface area (Å²) in [7, 11) is 0. The van der Waals surface area contributed by atoms with Crippen LogP contribution in [0, 0.1) is 53.4 Å². The van der Waals surface area contributed by atoms with Crippen LogP contribution in [0.4, 0.5) is 0 Å². The monoisotopic (exact) mass is 503 g/mol. The molecule has 0 saturated carbocycles. The van der Waals surface area contributed by atoms with Crippen LogP contribution in [0.3, 0.4) is 0 Å². The number of pyridine rings is 1. The molecular weight excluding hydrogens is 469 g/mol. The summed E-state index contributed by atoms with van der Waals surface area (Å²) in [5, 5.41) is 0. The summed E-state index contributed by atoms with van der Waals surface area (Å²) in [5.74, 6) is 6.49. The van der Waals surface area contributed by atoms with Crippen LogP contribution >= 0.6 is 0 Å². The topological polar surface area (TPSA) is 12.9 Å². The molecule has 0 N–H and O–H groups in total. The van der Waals surface area contributed by atoms with E-state index in [-0.39, 0.29) is 6.71 Å². The fourth-order valence-electron chi connectivity index (χ4n) is 6.02. The normalized spacial score (nSPS) is 10.6. The summed E-state index contributed by atoms with van der Waals surface area (Å²) in [6.45, 7) is 13.5. The average Bonchev–Trinajstić information content (AvgIpc) is 2.91. The van der Waals surface area contributed by atoms with Crippen molar-refractivity contribution < 1.29 is 0 Å². The van der Waals surface area contributed by atoms with Crippen molar-refractivity contribution in [1.82, 2.24) is 4.98 Å². The van der Waals surface area contributed by atoms with Crippen molar-refractivity contribution in [2.75, 3.05) is 0 Å². The van der Waals surface area contributed by atoms with Gasteiger partial charge in [0.05, 0.1) is 5.69 Å². The highest BCUT2D eigenvalue weighted by atomic mass is 14.7. The Balaban J connectivity index is 1.67. The predicted molar refractivity (Wildman–Crippen MR) is 168 cm³/mol. The van der Waals surface area contributed by atoms with Gasteiger partial charge in [-0.25, -0.2) is 0 Å². The molecule has 0 aliphatic carbocycles. The summed E-state index contributed by atoms with van der Waals surface area (Å²) < 4.78 is 0. The zero-order chi connectivity index (χ0) is 27.5. The van der Waals surface area contributed by atoms with Gasteiger partial charge >= 0.3 is 0 Å². The van der Waals surface area contributed by atoms with Crippen molar-refractivity contribution in [3.8, 4) is 23.1 Å². The summed E-state index contributed by atoms with van der Waals surface area (Å²) in [6.07, 6.45) is 1.89. The third kappa shape index (κ3) is 5.59. The molecule has 0 amide bonds. The highest BCUT2D eigenvalue weighted by Crippen LogP contribution is 2.19. The van der Waals surface area contributed by atoms with E-state index in [1.165, 1.54) is 49.8 Å². The molecule has 0 aliphatic rings. The standard InChI is InChI=1S/C37H34BN/c1-25-20-27(3)36(28(4)21-25)38(37-29(5)22-26(2)23-30(37)6)34-15-11-10-14-33(34)35-19-18-32(24-39-35)17-16-31-12-8-7-9-13-31/h7-15,18-24H,1-6H3. The predicted octanol–water partition coefficient (Wildman–Crippen LogP) is 6.52. The van der Waals surface area contributed by atoms with Crippen LogP contribution < -0.4 is 16.4 Å². The van der Waals surface area contributed by atoms with Crippen LogP contribution in [0.5, 0.6) is 0 Å². The quantitative estimate of drug-likeness (QED) is 0.201. The van der Waals surface area contributed by atoms with E-state index in [0.29, 0.717) is 0 Å². The molecule has 5 aromatic rings. The summed E-state index contributed by atoms with van der Waals surface area (Å²) in [5.41, 5.74) is 16.0. The van der Waals surface area contributed by atoms with Gasteiger partial charge in [0.1, 0.15) is 0 Å². The molecule has 0 aliphatic heterocycles. The Morgan fingerprint density at radius 2 is 1.05 bits per heavy atom. The summed E-state index contributed by atoms with van der Waals surface area (Å²) >= 11 is 0. The third-order valence-electron chi connectivity index (χ3n) is 7.49. The Kier molecular flexibility index (Phi) is 7.53. The van der Waals surface area contributed by atoms with Crippen molar-refractivity contribution in [1.29, 1.82) is 0 Å². The molecule has 190 valence electrons. The molecule has 39 heavy (non-hydrogen) atoms. The molecule has 2 heteroatoms. The Morgan fingerprint density at radius 1 is 0.538 bits per heavy atom. The number of aromatic nitrogens is 1. The Bertz CT molecular complexity index is 1600. The van der Waals surface area contributed by atoms with E-state index in [2.05, 4.69) is 114 Å². The number of benzene rings is 4. The minimum Gasteiger partial charge on any atom is -0.255 e. The van der Waals surface area contributed by atoms with Gasteiger partial charge in [-0.05, 0) is 71.4 Å². The number of aryl methyl sites for hydroxylation is 6. The van der Waals surface area contributed by atoms with Gasteiger partial charge in [0.2, 0.25) is 6.71 Å². The van der Waals surface area contributed by atoms with Crippen molar-refractivity contribution in [3.63, 3.8) is 0 Å². The average molecular weight is 503 g/mol. The van der Waals surface area contributed by atoms with Gasteiger partial charge in [0.25, 0.3) is 0 Å². The van der Waals surface area contributed by atoms with Crippen molar-refractivity contribution >= 4 is 23.1 Å². The molecule has 0 unspecified atom stereocenters. The summed E-state index contributed by atoms with van der Waals surface area (Å²) in [4.78, 5) is 4.91. The molecule has 0 saturated heterocycles. The molecule has 1 aromatic heterocycles. The second-order valence-corrected chi connectivity index (χ2v) is 10.7. The van der Waals surface area contributed by atoms with Gasteiger partial charge in [-0.1, -0.05) is 128 Å². The van der Waals surface area contributed by atoms with Crippen LogP contribution in [-0.4, -0.2) is 11.7 Å². The second kappa shape index (κ2) is 11.2. The number of hydrogen-bond donors (Lipinski definition) is 0. The first-order valence-electron chi connectivity index (χ1n) is 13.6. The highest BCUT2D eigenvalue weighted by Gasteiger charge is 2.30. The molecule has 1 heterocycles. The number of rotatable bonds is 4. The van der Waals surface area contributed by atoms with Crippen LogP contribution in [-0.2, 0) is 0 Å². The minimum atomic E-state index is 0.0988. The number of nitrogens with zero attached hydrogens (tertiary/aromatic N) is 1. The first-order valence-corrected chi connectivity index (χ1v) is 13.6.